The third kappa shape index (κ3) is 45.3. The first-order chi connectivity index (χ1) is 61.7. The van der Waals surface area contributed by atoms with Crippen molar-refractivity contribution in [1.82, 2.24) is 106 Å². The molecule has 14 atom stereocenters. The number of hydrogen-bond acceptors (Lipinski definition) is 22. The van der Waals surface area contributed by atoms with Crippen LogP contribution in [-0.2, 0) is 76.7 Å². The van der Waals surface area contributed by atoms with Gasteiger partial charge in [-0.3, -0.25) is 104 Å². The zero-order valence-electron chi connectivity index (χ0n) is 79.1. The summed E-state index contributed by atoms with van der Waals surface area (Å²) < 4.78 is 0. The van der Waals surface area contributed by atoms with Gasteiger partial charge in [-0.1, -0.05) is 153 Å². The van der Waals surface area contributed by atoms with E-state index >= 15 is 0 Å². The second-order valence-electron chi connectivity index (χ2n) is 35.7. The highest BCUT2D eigenvalue weighted by molar-refractivity contribution is 6.01. The number of nitrogens with zero attached hydrogens (tertiary/aromatic N) is 2. The van der Waals surface area contributed by atoms with E-state index in [2.05, 4.69) is 103 Å². The van der Waals surface area contributed by atoms with E-state index in [1.807, 2.05) is 0 Å². The van der Waals surface area contributed by atoms with Gasteiger partial charge >= 0.3 is 0 Å². The Hall–Kier alpha value is -11.5. The molecular weight excluding hydrogens is 1700 g/mol. The van der Waals surface area contributed by atoms with Crippen molar-refractivity contribution >= 4 is 118 Å². The summed E-state index contributed by atoms with van der Waals surface area (Å²) in [4.78, 5) is 227. The van der Waals surface area contributed by atoms with Gasteiger partial charge in [-0.05, 0) is 127 Å². The summed E-state index contributed by atoms with van der Waals surface area (Å²) in [5.74, 6) is -17.3. The number of unbranched alkanes of at least 4 members (excludes halogenated alkanes) is 12. The lowest BCUT2D eigenvalue weighted by atomic mass is 9.99. The van der Waals surface area contributed by atoms with E-state index in [1.54, 1.807) is 69.2 Å². The van der Waals surface area contributed by atoms with E-state index in [0.717, 1.165) is 25.7 Å². The monoisotopic (exact) mass is 1860 g/mol. The molecule has 0 spiro atoms. The third-order valence-electron chi connectivity index (χ3n) is 22.2. The topological polar surface area (TPSA) is 742 Å². The Balaban J connectivity index is 2.41. The Morgan fingerprint density at radius 3 is 1.18 bits per heavy atom. The van der Waals surface area contributed by atoms with E-state index in [0.29, 0.717) is 17.9 Å². The Morgan fingerprint density at radius 1 is 0.420 bits per heavy atom. The number of carbonyl (C=O) groups excluding carboxylic acids is 16. The van der Waals surface area contributed by atoms with Crippen molar-refractivity contribution in [2.75, 3.05) is 39.3 Å². The summed E-state index contributed by atoms with van der Waals surface area (Å²) in [6.45, 7) is 21.1. The zero-order valence-corrected chi connectivity index (χ0v) is 79.1. The molecule has 0 aromatic heterocycles. The van der Waals surface area contributed by atoms with Crippen LogP contribution in [0.5, 0.6) is 0 Å². The standard InChI is InChI=1S/C85H157N29O17/c1-14-15-16-17-18-19-20-21-22-23-24-25-26-37-63(116)108-65(49(6)7)78(128)103-57(35-30-41-98-85(93)94)80(130)113-42-31-36-62(113)76(126)110-66(50(8)9)77(127)99-52(12)69(119)106-60-45-64(117)111-112-114(81(60)131)53(13)70(120)100-54(32-27-38-95-82(87)88)71(121)104-58(43-47(2)3)74(124)101-55(33-28-39-96-83(89)90)72(122)105-59(44-48(4)5)75(125)102-56(34-29-40-97-84(91)92)73(123)109-67(51(10)11)79(129)107-61(46-115)68(86)118/h47-62,65-67,112,115H,14-46H2,1-13H3,(H2,86,118)(H,99,127)(H,100,120)(H,101,124)(H,102,125)(H,103,128)(H,104,121)(H,105,122)(H,106,119)(H,107,129)(H,108,116)(H,109,123)(H,110,126)(H,111,117)(H4,87,88,95)(H4,89,90,96)(H4,91,92,97)(H4,93,94,98)/t52-,53-,54-,55-,56-,57-,58-,59-,60-,61-,62-,65-,66-,67-/m0/s1. The second-order valence-corrected chi connectivity index (χ2v) is 35.7. The van der Waals surface area contributed by atoms with Crippen LogP contribution in [0.4, 0.5) is 0 Å². The largest absolute Gasteiger partial charge is 0.394 e. The summed E-state index contributed by atoms with van der Waals surface area (Å²) in [7, 11) is 0. The molecule has 2 saturated heterocycles. The quantitative estimate of drug-likeness (QED) is 0.0164. The fourth-order valence-corrected chi connectivity index (χ4v) is 14.7. The minimum absolute atomic E-state index is 0.00797. The van der Waals surface area contributed by atoms with Crippen LogP contribution >= 0.6 is 0 Å². The molecule has 46 nitrogen and oxygen atoms in total. The number of aliphatic hydroxyl groups is 1. The normalized spacial score (nSPS) is 16.6. The summed E-state index contributed by atoms with van der Waals surface area (Å²) in [5, 5.41) is 83.2. The number of amides is 16. The summed E-state index contributed by atoms with van der Waals surface area (Å²) in [6, 6.07) is -19.7. The van der Waals surface area contributed by atoms with Crippen LogP contribution in [0, 0.1) is 51.2 Å². The minimum atomic E-state index is -1.72. The van der Waals surface area contributed by atoms with Gasteiger partial charge in [0.15, 0.2) is 23.8 Å². The molecule has 131 heavy (non-hydrogen) atoms. The Labute approximate surface area is 770 Å². The lowest BCUT2D eigenvalue weighted by molar-refractivity contribution is -0.147. The van der Waals surface area contributed by atoms with Crippen LogP contribution < -0.4 is 125 Å². The van der Waals surface area contributed by atoms with E-state index in [1.165, 1.54) is 70.1 Å². The fourth-order valence-electron chi connectivity index (χ4n) is 14.7. The maximum absolute atomic E-state index is 14.8. The molecule has 0 aromatic rings. The van der Waals surface area contributed by atoms with Gasteiger partial charge in [-0.2, -0.15) is 0 Å². The molecular formula is C85H157N29O17. The van der Waals surface area contributed by atoms with Gasteiger partial charge in [0.05, 0.1) is 13.0 Å². The fraction of sp³-hybridized carbons (Fsp3) is 0.765. The number of hydrogen-bond donors (Lipinski definition) is 28. The zero-order chi connectivity index (χ0) is 98.7. The number of hydrazine groups is 2. The maximum atomic E-state index is 14.8. The molecule has 46 heteroatoms. The summed E-state index contributed by atoms with van der Waals surface area (Å²) in [5.41, 5.74) is 32.1. The molecule has 0 unspecified atom stereocenters. The molecule has 33 N–H and O–H groups in total. The van der Waals surface area contributed by atoms with Crippen molar-refractivity contribution in [2.45, 2.75) is 348 Å². The molecule has 2 aliphatic heterocycles. The van der Waals surface area contributed by atoms with Gasteiger partial charge in [0.1, 0.15) is 84.6 Å². The minimum Gasteiger partial charge on any atom is -0.394 e. The summed E-state index contributed by atoms with van der Waals surface area (Å²) >= 11 is 0. The van der Waals surface area contributed by atoms with Crippen molar-refractivity contribution < 1.29 is 81.8 Å². The van der Waals surface area contributed by atoms with Crippen molar-refractivity contribution in [3.8, 4) is 0 Å². The van der Waals surface area contributed by atoms with Crippen LogP contribution in [0.1, 0.15) is 263 Å². The molecule has 0 radical (unpaired) electrons. The lowest BCUT2D eigenvalue weighted by Crippen LogP contribution is -2.63. The van der Waals surface area contributed by atoms with Crippen LogP contribution in [0.15, 0.2) is 0 Å². The molecule has 0 aromatic carbocycles. The molecule has 0 bridgehead atoms. The Morgan fingerprint density at radius 2 is 0.779 bits per heavy atom. The number of guanidine groups is 4. The van der Waals surface area contributed by atoms with E-state index in [9.17, 15) is 81.8 Å². The average molecular weight is 1860 g/mol. The number of rotatable bonds is 64. The van der Waals surface area contributed by atoms with Gasteiger partial charge in [0.25, 0.3) is 5.91 Å². The highest BCUT2D eigenvalue weighted by atomic mass is 16.3. The van der Waals surface area contributed by atoms with Gasteiger partial charge < -0.3 is 124 Å². The molecule has 2 aliphatic rings. The second kappa shape index (κ2) is 62.0. The number of nitrogens with one attached hydrogen (secondary N) is 22. The molecule has 0 saturated carbocycles. The maximum Gasteiger partial charge on any atom is 0.261 e. The van der Waals surface area contributed by atoms with Gasteiger partial charge in [-0.25, -0.2) is 5.01 Å². The van der Waals surface area contributed by atoms with Gasteiger partial charge in [0, 0.05) is 39.1 Å². The lowest BCUT2D eigenvalue weighted by Gasteiger charge is -2.32. The average Bonchev–Trinajstić information content (AvgIpc) is 1.06. The highest BCUT2D eigenvalue weighted by Crippen LogP contribution is 2.23. The first-order valence-electron chi connectivity index (χ1n) is 46.3. The van der Waals surface area contributed by atoms with Crippen molar-refractivity contribution in [3.63, 3.8) is 0 Å². The van der Waals surface area contributed by atoms with Crippen molar-refractivity contribution in [2.24, 2.45) is 58.3 Å². The third-order valence-corrected chi connectivity index (χ3v) is 22.2. The molecule has 2 rings (SSSR count). The molecule has 744 valence electrons. The Kier molecular flexibility index (Phi) is 54.7. The molecule has 0 aliphatic carbocycles. The predicted molar refractivity (Wildman–Crippen MR) is 492 cm³/mol. The Bertz CT molecular complexity index is 3760. The van der Waals surface area contributed by atoms with Crippen LogP contribution in [-0.4, -0.2) is 257 Å². The SMILES string of the molecule is CCCCCCCCCCCCCCCC(=O)N[C@H](C(=O)N[C@@H](CCCNC(=N)N)C(=O)N1CCC[C@H]1C(=O)N[C@H](C(=O)N[C@@H](C)C(=O)N[C@H]1CC(=O)NNN([C@@H](C)C(=O)N[C@@H](CCCNC(=N)N)C(=O)N[C@@H](CC(C)C)C(=O)N[C@@H](CCCNC(=N)N)C(=O)N[C@@H](CC(C)C)C(=O)N[C@@H](CCCNC(=N)N)C(=O)N[C@H](C(=O)N[C@@H](CO)C(N)=O)C(C)C)C1=O)C(C)C)C(C)C. The smallest absolute Gasteiger partial charge is 0.261 e. The van der Waals surface area contributed by atoms with Crippen LogP contribution in [0.2, 0.25) is 0 Å². The number of carbonyl (C=O) groups is 16. The first kappa shape index (κ1) is 116. The van der Waals surface area contributed by atoms with Gasteiger partial charge in [-0.15, -0.1) is 5.53 Å². The molecule has 2 heterocycles. The molecule has 16 amide bonds. The van der Waals surface area contributed by atoms with Crippen LogP contribution in [0.3, 0.4) is 0 Å². The number of likely N-dealkylation sites (tertiary alicyclic amines) is 1. The van der Waals surface area contributed by atoms with Crippen molar-refractivity contribution in [3.05, 3.63) is 0 Å². The van der Waals surface area contributed by atoms with Crippen LogP contribution in [0.25, 0.3) is 0 Å². The predicted octanol–water partition coefficient (Wildman–Crippen LogP) is -2.96. The van der Waals surface area contributed by atoms with E-state index in [4.69, 9.17) is 50.3 Å². The number of aliphatic hydroxyl groups excluding tert-OH is 1. The van der Waals surface area contributed by atoms with Crippen molar-refractivity contribution in [1.29, 1.82) is 21.6 Å². The highest BCUT2D eigenvalue weighted by Gasteiger charge is 2.44. The summed E-state index contributed by atoms with van der Waals surface area (Å²) in [6.07, 6.45) is 14.8. The van der Waals surface area contributed by atoms with Gasteiger partial charge in [0.2, 0.25) is 88.6 Å². The van der Waals surface area contributed by atoms with E-state index < -0.39 is 210 Å². The molecule has 2 fully saturated rings. The first-order valence-corrected chi connectivity index (χ1v) is 46.3. The number of primary amides is 1. The van der Waals surface area contributed by atoms with E-state index in [-0.39, 0.29) is 145 Å². The number of nitrogens with two attached hydrogens (primary N) is 5.